The topological polar surface area (TPSA) is 42.4 Å². The van der Waals surface area contributed by atoms with Crippen molar-refractivity contribution in [3.05, 3.63) is 58.6 Å². The highest BCUT2D eigenvalue weighted by atomic mass is 32.1. The first-order valence-electron chi connectivity index (χ1n) is 8.31. The average Bonchev–Trinajstić information content (AvgIpc) is 2.96. The Morgan fingerprint density at radius 1 is 1.16 bits per heavy atom. The number of carbonyl (C=O) groups is 1. The van der Waals surface area contributed by atoms with Crippen LogP contribution in [-0.4, -0.2) is 29.4 Å². The van der Waals surface area contributed by atoms with Gasteiger partial charge in [-0.1, -0.05) is 18.2 Å². The summed E-state index contributed by atoms with van der Waals surface area (Å²) in [7, 11) is 1.81. The van der Waals surface area contributed by atoms with Crippen molar-refractivity contribution in [1.82, 2.24) is 9.88 Å². The van der Waals surface area contributed by atoms with E-state index in [1.807, 2.05) is 51.2 Å². The number of aromatic nitrogens is 1. The molecule has 0 atom stereocenters. The maximum atomic E-state index is 12.3. The number of fused-ring (bicyclic) bond motifs is 1. The summed E-state index contributed by atoms with van der Waals surface area (Å²) in [6, 6.07) is 14.1. The SMILES string of the molecule is Cc1cc(C)cc(OCCC(=O)N(C)Cc2nc3ccccc3s2)c1. The zero-order valence-electron chi connectivity index (χ0n) is 14.8. The third kappa shape index (κ3) is 4.57. The van der Waals surface area contributed by atoms with Gasteiger partial charge in [0.05, 0.1) is 29.8 Å². The quantitative estimate of drug-likeness (QED) is 0.661. The van der Waals surface area contributed by atoms with Gasteiger partial charge < -0.3 is 9.64 Å². The number of thiazole rings is 1. The fourth-order valence-corrected chi connectivity index (χ4v) is 3.76. The zero-order chi connectivity index (χ0) is 17.8. The fourth-order valence-electron chi connectivity index (χ4n) is 2.74. The van der Waals surface area contributed by atoms with E-state index >= 15 is 0 Å². The van der Waals surface area contributed by atoms with Gasteiger partial charge in [0.1, 0.15) is 10.8 Å². The molecule has 0 radical (unpaired) electrons. The number of amides is 1. The number of hydrogen-bond acceptors (Lipinski definition) is 4. The average molecular weight is 354 g/mol. The standard InChI is InChI=1S/C20H22N2O2S/c1-14-10-15(2)12-16(11-14)24-9-8-20(23)22(3)13-19-21-17-6-4-5-7-18(17)25-19/h4-7,10-12H,8-9,13H2,1-3H3. The van der Waals surface area contributed by atoms with Gasteiger partial charge in [-0.3, -0.25) is 4.79 Å². The van der Waals surface area contributed by atoms with E-state index in [0.717, 1.165) is 32.1 Å². The molecule has 130 valence electrons. The molecular formula is C20H22N2O2S. The Balaban J connectivity index is 1.52. The summed E-state index contributed by atoms with van der Waals surface area (Å²) in [4.78, 5) is 18.6. The molecule has 0 aliphatic carbocycles. The molecule has 1 aromatic heterocycles. The van der Waals surface area contributed by atoms with Crippen LogP contribution in [0.15, 0.2) is 42.5 Å². The van der Waals surface area contributed by atoms with E-state index in [2.05, 4.69) is 17.1 Å². The molecule has 25 heavy (non-hydrogen) atoms. The molecule has 0 unspecified atom stereocenters. The Morgan fingerprint density at radius 3 is 2.60 bits per heavy atom. The van der Waals surface area contributed by atoms with Crippen molar-refractivity contribution in [2.75, 3.05) is 13.7 Å². The first-order valence-corrected chi connectivity index (χ1v) is 9.12. The first-order chi connectivity index (χ1) is 12.0. The third-order valence-electron chi connectivity index (χ3n) is 3.92. The second kappa shape index (κ2) is 7.66. The van der Waals surface area contributed by atoms with Gasteiger partial charge in [-0.25, -0.2) is 4.98 Å². The monoisotopic (exact) mass is 354 g/mol. The van der Waals surface area contributed by atoms with Crippen molar-refractivity contribution in [3.8, 4) is 5.75 Å². The third-order valence-corrected chi connectivity index (χ3v) is 4.94. The van der Waals surface area contributed by atoms with E-state index in [1.54, 1.807) is 16.2 Å². The summed E-state index contributed by atoms with van der Waals surface area (Å²) in [5, 5.41) is 0.951. The van der Waals surface area contributed by atoms with Crippen molar-refractivity contribution in [3.63, 3.8) is 0 Å². The summed E-state index contributed by atoms with van der Waals surface area (Å²) >= 11 is 1.63. The predicted octanol–water partition coefficient (Wildman–Crippen LogP) is 4.34. The van der Waals surface area contributed by atoms with E-state index in [0.29, 0.717) is 19.6 Å². The van der Waals surface area contributed by atoms with Crippen LogP contribution in [0.25, 0.3) is 10.2 Å². The molecule has 3 aromatic rings. The van der Waals surface area contributed by atoms with Crippen molar-refractivity contribution in [2.45, 2.75) is 26.8 Å². The van der Waals surface area contributed by atoms with Gasteiger partial charge >= 0.3 is 0 Å². The molecule has 0 N–H and O–H groups in total. The Bertz CT molecular complexity index is 835. The molecule has 0 aliphatic rings. The lowest BCUT2D eigenvalue weighted by Gasteiger charge is -2.16. The summed E-state index contributed by atoms with van der Waals surface area (Å²) < 4.78 is 6.88. The second-order valence-electron chi connectivity index (χ2n) is 6.25. The number of nitrogens with zero attached hydrogens (tertiary/aromatic N) is 2. The predicted molar refractivity (Wildman–Crippen MR) is 102 cm³/mol. The Kier molecular flexibility index (Phi) is 5.34. The molecule has 0 spiro atoms. The van der Waals surface area contributed by atoms with Gasteiger partial charge in [0.2, 0.25) is 5.91 Å². The maximum Gasteiger partial charge on any atom is 0.226 e. The van der Waals surface area contributed by atoms with Gasteiger partial charge in [0.15, 0.2) is 0 Å². The highest BCUT2D eigenvalue weighted by Gasteiger charge is 2.12. The van der Waals surface area contributed by atoms with E-state index in [9.17, 15) is 4.79 Å². The molecule has 3 rings (SSSR count). The Morgan fingerprint density at radius 2 is 1.88 bits per heavy atom. The molecule has 0 bridgehead atoms. The number of benzene rings is 2. The number of para-hydroxylation sites is 1. The first kappa shape index (κ1) is 17.4. The van der Waals surface area contributed by atoms with Gasteiger partial charge in [-0.15, -0.1) is 11.3 Å². The lowest BCUT2D eigenvalue weighted by atomic mass is 10.1. The van der Waals surface area contributed by atoms with E-state index in [-0.39, 0.29) is 5.91 Å². The second-order valence-corrected chi connectivity index (χ2v) is 7.36. The molecule has 4 nitrogen and oxygen atoms in total. The molecule has 1 heterocycles. The van der Waals surface area contributed by atoms with E-state index in [4.69, 9.17) is 4.74 Å². The van der Waals surface area contributed by atoms with Gasteiger partial charge in [-0.05, 0) is 49.2 Å². The molecule has 0 saturated carbocycles. The molecule has 0 aliphatic heterocycles. The maximum absolute atomic E-state index is 12.3. The Labute approximate surface area is 152 Å². The van der Waals surface area contributed by atoms with Crippen LogP contribution in [0.5, 0.6) is 5.75 Å². The zero-order valence-corrected chi connectivity index (χ0v) is 15.6. The molecule has 1 amide bonds. The molecule has 0 saturated heterocycles. The normalized spacial score (nSPS) is 10.8. The molecular weight excluding hydrogens is 332 g/mol. The highest BCUT2D eigenvalue weighted by Crippen LogP contribution is 2.22. The smallest absolute Gasteiger partial charge is 0.226 e. The van der Waals surface area contributed by atoms with Crippen LogP contribution in [0.2, 0.25) is 0 Å². The van der Waals surface area contributed by atoms with Gasteiger partial charge in [-0.2, -0.15) is 0 Å². The minimum Gasteiger partial charge on any atom is -0.493 e. The number of rotatable bonds is 6. The van der Waals surface area contributed by atoms with Crippen LogP contribution in [0.1, 0.15) is 22.6 Å². The highest BCUT2D eigenvalue weighted by molar-refractivity contribution is 7.18. The minimum atomic E-state index is 0.0589. The lowest BCUT2D eigenvalue weighted by Crippen LogP contribution is -2.27. The van der Waals surface area contributed by atoms with Crippen LogP contribution in [0, 0.1) is 13.8 Å². The van der Waals surface area contributed by atoms with Crippen molar-refractivity contribution in [1.29, 1.82) is 0 Å². The van der Waals surface area contributed by atoms with Crippen LogP contribution < -0.4 is 4.74 Å². The molecule has 0 fully saturated rings. The van der Waals surface area contributed by atoms with Crippen LogP contribution >= 0.6 is 11.3 Å². The number of aryl methyl sites for hydroxylation is 2. The minimum absolute atomic E-state index is 0.0589. The molecule has 2 aromatic carbocycles. The van der Waals surface area contributed by atoms with Crippen molar-refractivity contribution >= 4 is 27.5 Å². The van der Waals surface area contributed by atoms with Gasteiger partial charge in [0.25, 0.3) is 0 Å². The number of hydrogen-bond donors (Lipinski definition) is 0. The van der Waals surface area contributed by atoms with Crippen molar-refractivity contribution < 1.29 is 9.53 Å². The van der Waals surface area contributed by atoms with Crippen LogP contribution in [-0.2, 0) is 11.3 Å². The fraction of sp³-hybridized carbons (Fsp3) is 0.300. The Hall–Kier alpha value is -2.40. The van der Waals surface area contributed by atoms with Crippen molar-refractivity contribution in [2.24, 2.45) is 0 Å². The van der Waals surface area contributed by atoms with Crippen LogP contribution in [0.4, 0.5) is 0 Å². The summed E-state index contributed by atoms with van der Waals surface area (Å²) in [5.41, 5.74) is 3.31. The van der Waals surface area contributed by atoms with Gasteiger partial charge in [0, 0.05) is 7.05 Å². The number of ether oxygens (including phenoxy) is 1. The molecule has 5 heteroatoms. The largest absolute Gasteiger partial charge is 0.493 e. The lowest BCUT2D eigenvalue weighted by molar-refractivity contribution is -0.130. The number of carbonyl (C=O) groups excluding carboxylic acids is 1. The van der Waals surface area contributed by atoms with Crippen LogP contribution in [0.3, 0.4) is 0 Å². The van der Waals surface area contributed by atoms with E-state index < -0.39 is 0 Å². The van der Waals surface area contributed by atoms with E-state index in [1.165, 1.54) is 0 Å². The summed E-state index contributed by atoms with van der Waals surface area (Å²) in [5.74, 6) is 0.878. The summed E-state index contributed by atoms with van der Waals surface area (Å²) in [6.45, 7) is 4.99. The summed E-state index contributed by atoms with van der Waals surface area (Å²) in [6.07, 6.45) is 0.356.